The lowest BCUT2D eigenvalue weighted by Gasteiger charge is -2.33. The first-order valence-electron chi connectivity index (χ1n) is 8.27. The maximum Gasteiger partial charge on any atom is 0.0826 e. The molecule has 0 bridgehead atoms. The van der Waals surface area contributed by atoms with Gasteiger partial charge >= 0.3 is 0 Å². The Morgan fingerprint density at radius 1 is 1.32 bits per heavy atom. The second kappa shape index (κ2) is 12.9. The molecule has 3 heteroatoms. The van der Waals surface area contributed by atoms with Crippen molar-refractivity contribution in [1.29, 1.82) is 0 Å². The highest BCUT2D eigenvalue weighted by atomic mass is 16.5. The van der Waals surface area contributed by atoms with Gasteiger partial charge in [0.15, 0.2) is 0 Å². The van der Waals surface area contributed by atoms with Crippen LogP contribution in [0.4, 0.5) is 0 Å². The molecule has 1 atom stereocenters. The smallest absolute Gasteiger partial charge is 0.0826 e. The van der Waals surface area contributed by atoms with E-state index in [0.29, 0.717) is 6.10 Å². The van der Waals surface area contributed by atoms with E-state index >= 15 is 0 Å². The molecule has 1 heterocycles. The minimum Gasteiger partial charge on any atom is -0.374 e. The first kappa shape index (κ1) is 18.9. The van der Waals surface area contributed by atoms with Gasteiger partial charge in [-0.05, 0) is 38.3 Å². The van der Waals surface area contributed by atoms with Gasteiger partial charge in [0.2, 0.25) is 0 Å². The number of ether oxygens (including phenoxy) is 1. The lowest BCUT2D eigenvalue weighted by Crippen LogP contribution is -2.47. The fourth-order valence-corrected chi connectivity index (χ4v) is 2.27. The van der Waals surface area contributed by atoms with E-state index in [2.05, 4.69) is 31.0 Å². The molecular formula is C16H36N2O. The Bertz CT molecular complexity index is 186. The van der Waals surface area contributed by atoms with Crippen molar-refractivity contribution in [3.8, 4) is 0 Å². The van der Waals surface area contributed by atoms with Crippen LogP contribution < -0.4 is 5.32 Å². The summed E-state index contributed by atoms with van der Waals surface area (Å²) >= 11 is 0. The zero-order valence-electron chi connectivity index (χ0n) is 13.9. The standard InChI is InChI=1S/C14H30N2O.C2H6/c1-4-7-15-11-14-12-16(9-10-17-14)8-5-6-13(2)3;1-2/h13-15H,4-12H2,1-3H3;1-2H3. The lowest BCUT2D eigenvalue weighted by atomic mass is 10.1. The van der Waals surface area contributed by atoms with Crippen molar-refractivity contribution in [1.82, 2.24) is 10.2 Å². The van der Waals surface area contributed by atoms with Crippen molar-refractivity contribution in [3.63, 3.8) is 0 Å². The molecule has 0 aromatic carbocycles. The third kappa shape index (κ3) is 10.3. The van der Waals surface area contributed by atoms with Gasteiger partial charge in [-0.3, -0.25) is 4.90 Å². The van der Waals surface area contributed by atoms with Crippen molar-refractivity contribution >= 4 is 0 Å². The molecule has 0 amide bonds. The maximum atomic E-state index is 5.78. The highest BCUT2D eigenvalue weighted by molar-refractivity contribution is 4.73. The van der Waals surface area contributed by atoms with Gasteiger partial charge in [-0.2, -0.15) is 0 Å². The summed E-state index contributed by atoms with van der Waals surface area (Å²) in [5.41, 5.74) is 0. The van der Waals surface area contributed by atoms with Crippen molar-refractivity contribution in [2.24, 2.45) is 5.92 Å². The maximum absolute atomic E-state index is 5.78. The second-order valence-electron chi connectivity index (χ2n) is 5.53. The van der Waals surface area contributed by atoms with Crippen LogP contribution in [0.2, 0.25) is 0 Å². The molecule has 3 nitrogen and oxygen atoms in total. The summed E-state index contributed by atoms with van der Waals surface area (Å²) in [6, 6.07) is 0. The number of morpholine rings is 1. The van der Waals surface area contributed by atoms with E-state index in [1.54, 1.807) is 0 Å². The Morgan fingerprint density at radius 3 is 2.68 bits per heavy atom. The van der Waals surface area contributed by atoms with E-state index in [0.717, 1.165) is 38.7 Å². The molecule has 1 N–H and O–H groups in total. The van der Waals surface area contributed by atoms with Gasteiger partial charge in [-0.15, -0.1) is 0 Å². The Morgan fingerprint density at radius 2 is 2.05 bits per heavy atom. The fraction of sp³-hybridized carbons (Fsp3) is 1.00. The predicted octanol–water partition coefficient (Wildman–Crippen LogP) is 3.15. The predicted molar refractivity (Wildman–Crippen MR) is 84.8 cm³/mol. The van der Waals surface area contributed by atoms with E-state index in [9.17, 15) is 0 Å². The summed E-state index contributed by atoms with van der Waals surface area (Å²) < 4.78 is 5.78. The van der Waals surface area contributed by atoms with Crippen LogP contribution in [0, 0.1) is 5.92 Å². The molecule has 0 saturated carbocycles. The minimum absolute atomic E-state index is 0.398. The largest absolute Gasteiger partial charge is 0.374 e. The molecule has 0 aromatic heterocycles. The minimum atomic E-state index is 0.398. The first-order valence-corrected chi connectivity index (χ1v) is 8.27. The molecule has 19 heavy (non-hydrogen) atoms. The molecule has 1 aliphatic heterocycles. The van der Waals surface area contributed by atoms with Crippen LogP contribution in [-0.4, -0.2) is 50.3 Å². The van der Waals surface area contributed by atoms with Crippen LogP contribution in [0.15, 0.2) is 0 Å². The number of nitrogens with one attached hydrogen (secondary N) is 1. The molecule has 0 aromatic rings. The fourth-order valence-electron chi connectivity index (χ4n) is 2.27. The summed E-state index contributed by atoms with van der Waals surface area (Å²) in [6.07, 6.45) is 4.27. The third-order valence-electron chi connectivity index (χ3n) is 3.28. The SMILES string of the molecule is CC.CCCNCC1CN(CCCC(C)C)CCO1. The molecule has 1 saturated heterocycles. The summed E-state index contributed by atoms with van der Waals surface area (Å²) in [5, 5.41) is 3.45. The average Bonchev–Trinajstić information content (AvgIpc) is 2.41. The first-order chi connectivity index (χ1) is 9.22. The van der Waals surface area contributed by atoms with Gasteiger partial charge in [-0.1, -0.05) is 34.6 Å². The molecular weight excluding hydrogens is 236 g/mol. The molecule has 116 valence electrons. The lowest BCUT2D eigenvalue weighted by molar-refractivity contribution is -0.0274. The van der Waals surface area contributed by atoms with Gasteiger partial charge in [-0.25, -0.2) is 0 Å². The van der Waals surface area contributed by atoms with E-state index < -0.39 is 0 Å². The number of rotatable bonds is 8. The number of hydrogen-bond donors (Lipinski definition) is 1. The quantitative estimate of drug-likeness (QED) is 0.687. The summed E-state index contributed by atoms with van der Waals surface area (Å²) in [4.78, 5) is 2.56. The van der Waals surface area contributed by atoms with Crippen molar-refractivity contribution in [2.75, 3.05) is 39.3 Å². The van der Waals surface area contributed by atoms with Gasteiger partial charge in [0.25, 0.3) is 0 Å². The van der Waals surface area contributed by atoms with Crippen molar-refractivity contribution < 1.29 is 4.74 Å². The van der Waals surface area contributed by atoms with Crippen molar-refractivity contribution in [2.45, 2.75) is 60.0 Å². The van der Waals surface area contributed by atoms with Crippen LogP contribution >= 0.6 is 0 Å². The zero-order valence-corrected chi connectivity index (χ0v) is 13.9. The van der Waals surface area contributed by atoms with Crippen LogP contribution in [-0.2, 0) is 4.74 Å². The molecule has 0 aliphatic carbocycles. The van der Waals surface area contributed by atoms with E-state index in [1.165, 1.54) is 25.8 Å². The Balaban J connectivity index is 0.00000154. The van der Waals surface area contributed by atoms with Gasteiger partial charge < -0.3 is 10.1 Å². The van der Waals surface area contributed by atoms with E-state index in [-0.39, 0.29) is 0 Å². The van der Waals surface area contributed by atoms with Crippen LogP contribution in [0.25, 0.3) is 0 Å². The van der Waals surface area contributed by atoms with Gasteiger partial charge in [0.05, 0.1) is 12.7 Å². The Labute approximate surface area is 121 Å². The second-order valence-corrected chi connectivity index (χ2v) is 5.53. The molecule has 1 aliphatic rings. The number of nitrogens with zero attached hydrogens (tertiary/aromatic N) is 1. The van der Waals surface area contributed by atoms with E-state index in [4.69, 9.17) is 4.74 Å². The van der Waals surface area contributed by atoms with Crippen LogP contribution in [0.3, 0.4) is 0 Å². The normalized spacial score (nSPS) is 20.2. The number of hydrogen-bond acceptors (Lipinski definition) is 3. The van der Waals surface area contributed by atoms with Crippen LogP contribution in [0.1, 0.15) is 53.9 Å². The topological polar surface area (TPSA) is 24.5 Å². The average molecular weight is 272 g/mol. The molecule has 0 radical (unpaired) electrons. The molecule has 1 unspecified atom stereocenters. The van der Waals surface area contributed by atoms with Crippen LogP contribution in [0.5, 0.6) is 0 Å². The highest BCUT2D eigenvalue weighted by Gasteiger charge is 2.19. The summed E-state index contributed by atoms with van der Waals surface area (Å²) in [5.74, 6) is 0.832. The highest BCUT2D eigenvalue weighted by Crippen LogP contribution is 2.09. The van der Waals surface area contributed by atoms with E-state index in [1.807, 2.05) is 13.8 Å². The van der Waals surface area contributed by atoms with Crippen molar-refractivity contribution in [3.05, 3.63) is 0 Å². The summed E-state index contributed by atoms with van der Waals surface area (Å²) in [7, 11) is 0. The zero-order chi connectivity index (χ0) is 14.5. The van der Waals surface area contributed by atoms with Gasteiger partial charge in [0, 0.05) is 19.6 Å². The molecule has 1 rings (SSSR count). The molecule has 1 fully saturated rings. The Kier molecular flexibility index (Phi) is 12.8. The molecule has 0 spiro atoms. The van der Waals surface area contributed by atoms with Gasteiger partial charge in [0.1, 0.15) is 0 Å². The third-order valence-corrected chi connectivity index (χ3v) is 3.28. The summed E-state index contributed by atoms with van der Waals surface area (Å²) in [6.45, 7) is 17.3. The monoisotopic (exact) mass is 272 g/mol. The Hall–Kier alpha value is -0.120.